The Morgan fingerprint density at radius 1 is 1.33 bits per heavy atom. The van der Waals surface area contributed by atoms with Crippen molar-refractivity contribution in [2.45, 2.75) is 32.2 Å². The first-order valence-electron chi connectivity index (χ1n) is 6.13. The molecule has 0 aliphatic rings. The number of nitrogens with two attached hydrogens (primary N) is 1. The quantitative estimate of drug-likeness (QED) is 0.834. The summed E-state index contributed by atoms with van der Waals surface area (Å²) in [5.41, 5.74) is 7.11. The fourth-order valence-corrected chi connectivity index (χ4v) is 3.75. The molecule has 1 atom stereocenters. The summed E-state index contributed by atoms with van der Waals surface area (Å²) in [5, 5.41) is 0. The van der Waals surface area contributed by atoms with Gasteiger partial charge in [-0.2, -0.15) is 0 Å². The van der Waals surface area contributed by atoms with Crippen LogP contribution in [0, 0.1) is 0 Å². The van der Waals surface area contributed by atoms with Gasteiger partial charge in [-0.15, -0.1) is 0 Å². The van der Waals surface area contributed by atoms with Gasteiger partial charge in [0.15, 0.2) is 0 Å². The van der Waals surface area contributed by atoms with Crippen molar-refractivity contribution < 1.29 is 8.42 Å². The van der Waals surface area contributed by atoms with Gasteiger partial charge in [-0.3, -0.25) is 0 Å². The van der Waals surface area contributed by atoms with E-state index in [1.165, 1.54) is 0 Å². The Labute approximate surface area is 118 Å². The largest absolute Gasteiger partial charge is 0.327 e. The highest BCUT2D eigenvalue weighted by molar-refractivity contribution is 9.10. The first-order valence-corrected chi connectivity index (χ1v) is 8.75. The second-order valence-corrected chi connectivity index (χ2v) is 7.75. The molecule has 0 aliphatic carbocycles. The first kappa shape index (κ1) is 15.7. The molecule has 1 aromatic rings. The summed E-state index contributed by atoms with van der Waals surface area (Å²) in [4.78, 5) is 0. The number of benzene rings is 1. The lowest BCUT2D eigenvalue weighted by Gasteiger charge is -2.12. The molecule has 0 amide bonds. The summed E-state index contributed by atoms with van der Waals surface area (Å²) in [6, 6.07) is 7.83. The van der Waals surface area contributed by atoms with Gasteiger partial charge in [-0.1, -0.05) is 35.0 Å². The van der Waals surface area contributed by atoms with Crippen LogP contribution in [0.2, 0.25) is 0 Å². The van der Waals surface area contributed by atoms with Crippen LogP contribution in [0.5, 0.6) is 0 Å². The Bertz CT molecular complexity index is 474. The van der Waals surface area contributed by atoms with Crippen molar-refractivity contribution >= 4 is 25.8 Å². The summed E-state index contributed by atoms with van der Waals surface area (Å²) in [7, 11) is -2.92. The van der Waals surface area contributed by atoms with Gasteiger partial charge in [0.2, 0.25) is 0 Å². The highest BCUT2D eigenvalue weighted by Crippen LogP contribution is 2.13. The number of halogens is 1. The number of sulfone groups is 1. The average molecular weight is 334 g/mol. The molecule has 1 unspecified atom stereocenters. The Morgan fingerprint density at radius 3 is 2.67 bits per heavy atom. The van der Waals surface area contributed by atoms with Gasteiger partial charge in [0.25, 0.3) is 0 Å². The molecule has 0 fully saturated rings. The molecular formula is C13H20BrNO2S. The smallest absolute Gasteiger partial charge is 0.150 e. The zero-order valence-corrected chi connectivity index (χ0v) is 13.0. The third-order valence-electron chi connectivity index (χ3n) is 2.70. The molecule has 1 aromatic carbocycles. The second-order valence-electron chi connectivity index (χ2n) is 4.53. The van der Waals surface area contributed by atoms with E-state index in [0.29, 0.717) is 19.3 Å². The fraction of sp³-hybridized carbons (Fsp3) is 0.538. The van der Waals surface area contributed by atoms with Crippen molar-refractivity contribution in [3.05, 3.63) is 34.3 Å². The first-order chi connectivity index (χ1) is 8.43. The minimum absolute atomic E-state index is 0.106. The molecule has 0 bridgehead atoms. The standard InChI is InChI=1S/C13H20BrNO2S/c1-2-7-18(16,17)8-6-13(15)10-11-4-3-5-12(14)9-11/h3-5,9,13H,2,6-8,10,15H2,1H3. The summed E-state index contributed by atoms with van der Waals surface area (Å²) in [5.74, 6) is 0.451. The van der Waals surface area contributed by atoms with E-state index >= 15 is 0 Å². The van der Waals surface area contributed by atoms with E-state index in [4.69, 9.17) is 5.73 Å². The van der Waals surface area contributed by atoms with Crippen LogP contribution in [0.25, 0.3) is 0 Å². The molecular weight excluding hydrogens is 314 g/mol. The third-order valence-corrected chi connectivity index (χ3v) is 5.08. The number of rotatable bonds is 7. The average Bonchev–Trinajstić information content (AvgIpc) is 2.26. The summed E-state index contributed by atoms with van der Waals surface area (Å²) in [6.45, 7) is 1.87. The predicted octanol–water partition coefficient (Wildman–Crippen LogP) is 2.53. The highest BCUT2D eigenvalue weighted by Gasteiger charge is 2.12. The summed E-state index contributed by atoms with van der Waals surface area (Å²) < 4.78 is 24.2. The van der Waals surface area contributed by atoms with Gasteiger partial charge in [0, 0.05) is 16.3 Å². The van der Waals surface area contributed by atoms with Crippen LogP contribution >= 0.6 is 15.9 Å². The van der Waals surface area contributed by atoms with E-state index in [2.05, 4.69) is 15.9 Å². The van der Waals surface area contributed by atoms with Crippen molar-refractivity contribution in [3.63, 3.8) is 0 Å². The van der Waals surface area contributed by atoms with Crippen molar-refractivity contribution in [3.8, 4) is 0 Å². The molecule has 3 nitrogen and oxygen atoms in total. The Morgan fingerprint density at radius 2 is 2.06 bits per heavy atom. The Hall–Kier alpha value is -0.390. The van der Waals surface area contributed by atoms with Crippen LogP contribution in [0.3, 0.4) is 0 Å². The van der Waals surface area contributed by atoms with Crippen LogP contribution in [0.1, 0.15) is 25.3 Å². The maximum absolute atomic E-state index is 11.6. The lowest BCUT2D eigenvalue weighted by molar-refractivity contribution is 0.579. The number of hydrogen-bond donors (Lipinski definition) is 1. The molecule has 0 saturated carbocycles. The lowest BCUT2D eigenvalue weighted by Crippen LogP contribution is -2.26. The van der Waals surface area contributed by atoms with Crippen molar-refractivity contribution in [2.75, 3.05) is 11.5 Å². The van der Waals surface area contributed by atoms with Gasteiger partial charge < -0.3 is 5.73 Å². The van der Waals surface area contributed by atoms with Crippen LogP contribution in [-0.2, 0) is 16.3 Å². The summed E-state index contributed by atoms with van der Waals surface area (Å²) in [6.07, 6.45) is 1.90. The molecule has 0 spiro atoms. The van der Waals surface area contributed by atoms with Crippen LogP contribution in [0.4, 0.5) is 0 Å². The second kappa shape index (κ2) is 7.26. The SMILES string of the molecule is CCCS(=O)(=O)CCC(N)Cc1cccc(Br)c1. The van der Waals surface area contributed by atoms with Gasteiger partial charge in [-0.05, 0) is 37.0 Å². The molecule has 0 aromatic heterocycles. The van der Waals surface area contributed by atoms with Gasteiger partial charge in [0.1, 0.15) is 9.84 Å². The van der Waals surface area contributed by atoms with E-state index in [1.54, 1.807) is 0 Å². The maximum Gasteiger partial charge on any atom is 0.150 e. The van der Waals surface area contributed by atoms with Crippen LogP contribution in [-0.4, -0.2) is 26.0 Å². The molecule has 18 heavy (non-hydrogen) atoms. The van der Waals surface area contributed by atoms with E-state index in [0.717, 1.165) is 10.0 Å². The van der Waals surface area contributed by atoms with Gasteiger partial charge in [0.05, 0.1) is 5.75 Å². The molecule has 0 heterocycles. The zero-order chi connectivity index (χ0) is 13.6. The third kappa shape index (κ3) is 5.98. The molecule has 2 N–H and O–H groups in total. The molecule has 102 valence electrons. The van der Waals surface area contributed by atoms with Crippen LogP contribution < -0.4 is 5.73 Å². The van der Waals surface area contributed by atoms with Crippen molar-refractivity contribution in [2.24, 2.45) is 5.73 Å². The van der Waals surface area contributed by atoms with Crippen molar-refractivity contribution in [1.29, 1.82) is 0 Å². The molecule has 5 heteroatoms. The van der Waals surface area contributed by atoms with Gasteiger partial charge in [-0.25, -0.2) is 8.42 Å². The van der Waals surface area contributed by atoms with Crippen molar-refractivity contribution in [1.82, 2.24) is 0 Å². The van der Waals surface area contributed by atoms with E-state index < -0.39 is 9.84 Å². The van der Waals surface area contributed by atoms with E-state index in [1.807, 2.05) is 31.2 Å². The monoisotopic (exact) mass is 333 g/mol. The minimum atomic E-state index is -2.92. The molecule has 0 radical (unpaired) electrons. The molecule has 0 aliphatic heterocycles. The highest BCUT2D eigenvalue weighted by atomic mass is 79.9. The topological polar surface area (TPSA) is 60.2 Å². The Balaban J connectivity index is 2.45. The van der Waals surface area contributed by atoms with E-state index in [9.17, 15) is 8.42 Å². The zero-order valence-electron chi connectivity index (χ0n) is 10.6. The maximum atomic E-state index is 11.6. The Kier molecular flexibility index (Phi) is 6.32. The predicted molar refractivity (Wildman–Crippen MR) is 79.4 cm³/mol. The van der Waals surface area contributed by atoms with E-state index in [-0.39, 0.29) is 17.5 Å². The lowest BCUT2D eigenvalue weighted by atomic mass is 10.1. The molecule has 1 rings (SSSR count). The molecule has 0 saturated heterocycles. The minimum Gasteiger partial charge on any atom is -0.327 e. The fourth-order valence-electron chi connectivity index (χ4n) is 1.81. The van der Waals surface area contributed by atoms with Crippen LogP contribution in [0.15, 0.2) is 28.7 Å². The normalized spacial score (nSPS) is 13.5. The van der Waals surface area contributed by atoms with Gasteiger partial charge >= 0.3 is 0 Å². The number of hydrogen-bond acceptors (Lipinski definition) is 3. The summed E-state index contributed by atoms with van der Waals surface area (Å²) >= 11 is 3.41.